The minimum atomic E-state index is -0.106. The Bertz CT molecular complexity index is 61.8. The van der Waals surface area contributed by atoms with E-state index in [1.165, 1.54) is 6.08 Å². The van der Waals surface area contributed by atoms with Gasteiger partial charge in [0.15, 0.2) is 0 Å². The van der Waals surface area contributed by atoms with E-state index in [2.05, 4.69) is 22.9 Å². The average Bonchev–Trinajstić information content (AvgIpc) is 1.38. The number of carbonyl (C=O) groups excluding carboxylic acids is 1. The van der Waals surface area contributed by atoms with Gasteiger partial charge in [-0.25, -0.2) is 0 Å². The molecule has 0 rings (SSSR count). The number of allylic oxidation sites excluding steroid dienone is 1. The summed E-state index contributed by atoms with van der Waals surface area (Å²) in [5, 5.41) is 0. The molecular formula is C3H3AlCrO. The molecule has 0 heterocycles. The maximum Gasteiger partial charge on any atom is 0 e. The standard InChI is InChI=1S/C3H3O.Al.Cr/c1-2-3-4;;/h2H,1H2;;. The van der Waals surface area contributed by atoms with E-state index in [-0.39, 0.29) is 22.0 Å². The van der Waals surface area contributed by atoms with Crippen LogP contribution in [0, 0.1) is 0 Å². The largest absolute Gasteiger partial charge is 0 e. The summed E-state index contributed by atoms with van der Waals surface area (Å²) in [4.78, 5) is 9.64. The smallest absolute Gasteiger partial charge is 0 e. The van der Waals surface area contributed by atoms with Crippen LogP contribution in [0.3, 0.4) is 0 Å². The predicted molar refractivity (Wildman–Crippen MR) is 21.0 cm³/mol. The summed E-state index contributed by atoms with van der Waals surface area (Å²) in [6, 6.07) is 0. The molecule has 0 aliphatic carbocycles. The molecule has 0 aromatic heterocycles. The molecule has 0 bridgehead atoms. The Morgan fingerprint density at radius 1 is 1.83 bits per heavy atom. The molecule has 0 N–H and O–H groups in total. The van der Waals surface area contributed by atoms with E-state index in [9.17, 15) is 4.79 Å². The van der Waals surface area contributed by atoms with E-state index < -0.39 is 0 Å². The van der Waals surface area contributed by atoms with Crippen molar-refractivity contribution in [2.45, 2.75) is 0 Å². The Kier molecular flexibility index (Phi) is 8.84. The van der Waals surface area contributed by atoms with E-state index >= 15 is 0 Å². The molecule has 0 saturated heterocycles. The summed E-state index contributed by atoms with van der Waals surface area (Å²) in [7, 11) is 0. The molecule has 0 spiro atoms. The van der Waals surface area contributed by atoms with Gasteiger partial charge < -0.3 is 0 Å². The summed E-state index contributed by atoms with van der Waals surface area (Å²) in [6.07, 6.45) is 1.22. The van der Waals surface area contributed by atoms with Crippen molar-refractivity contribution in [2.24, 2.45) is 0 Å². The van der Waals surface area contributed by atoms with E-state index in [4.69, 9.17) is 0 Å². The summed E-state index contributed by atoms with van der Waals surface area (Å²) < 4.78 is -0.106. The van der Waals surface area contributed by atoms with Crippen LogP contribution < -0.4 is 0 Å². The Labute approximate surface area is 56.0 Å². The molecule has 0 amide bonds. The molecule has 0 unspecified atom stereocenters. The van der Waals surface area contributed by atoms with Crippen molar-refractivity contribution >= 4 is 22.0 Å². The Morgan fingerprint density at radius 3 is 2.00 bits per heavy atom. The second-order valence-corrected chi connectivity index (χ2v) is 1.15. The second kappa shape index (κ2) is 5.47. The van der Waals surface area contributed by atoms with Crippen molar-refractivity contribution in [3.63, 3.8) is 0 Å². The first-order chi connectivity index (χ1) is 2.27. The zero-order chi connectivity index (χ0) is 4.28. The van der Waals surface area contributed by atoms with Crippen molar-refractivity contribution in [2.75, 3.05) is 0 Å². The normalized spacial score (nSPS) is 5.33. The zero-order valence-electron chi connectivity index (χ0n) is 3.18. The molecule has 0 aliphatic heterocycles. The van der Waals surface area contributed by atoms with Crippen molar-refractivity contribution in [1.82, 2.24) is 0 Å². The maximum absolute atomic E-state index is 9.64. The zero-order valence-corrected chi connectivity index (χ0v) is 5.61. The number of carbonyl (C=O) groups is 1. The molecule has 30 valence electrons. The molecule has 0 aliphatic rings. The first kappa shape index (κ1) is 9.69. The van der Waals surface area contributed by atoms with Crippen LogP contribution in [0.4, 0.5) is 0 Å². The van der Waals surface area contributed by atoms with Gasteiger partial charge in [-0.15, -0.1) is 0 Å². The monoisotopic (exact) mass is 134 g/mol. The van der Waals surface area contributed by atoms with E-state index in [1.54, 1.807) is 0 Å². The van der Waals surface area contributed by atoms with Crippen molar-refractivity contribution in [3.05, 3.63) is 12.7 Å². The van der Waals surface area contributed by atoms with Crippen molar-refractivity contribution in [1.29, 1.82) is 0 Å². The Balaban J connectivity index is 0. The summed E-state index contributed by atoms with van der Waals surface area (Å²) >= 11 is 2.23. The number of hydrogen-bond donors (Lipinski definition) is 0. The van der Waals surface area contributed by atoms with E-state index in [1.807, 2.05) is 0 Å². The molecule has 0 saturated carbocycles. The van der Waals surface area contributed by atoms with Gasteiger partial charge in [0, 0.05) is 17.4 Å². The predicted octanol–water partition coefficient (Wildman–Crippen LogP) is -0.135. The Hall–Kier alpha value is 0.475. The van der Waals surface area contributed by atoms with Crippen LogP contribution in [0.15, 0.2) is 12.7 Å². The fourth-order valence-electron chi connectivity index (χ4n) is 0. The van der Waals surface area contributed by atoms with Crippen LogP contribution in [0.2, 0.25) is 0 Å². The third-order valence-corrected chi connectivity index (χ3v) is 0.427. The molecular weight excluding hydrogens is 131 g/mol. The molecule has 0 aromatic rings. The minimum Gasteiger partial charge on any atom is 0 e. The van der Waals surface area contributed by atoms with Crippen LogP contribution in [0.5, 0.6) is 0 Å². The van der Waals surface area contributed by atoms with Crippen LogP contribution >= 0.6 is 0 Å². The van der Waals surface area contributed by atoms with Gasteiger partial charge in [0.05, 0.1) is 0 Å². The second-order valence-electron chi connectivity index (χ2n) is 0.523. The third kappa shape index (κ3) is 8.82. The van der Waals surface area contributed by atoms with Crippen LogP contribution in [-0.2, 0) is 21.1 Å². The fourth-order valence-corrected chi connectivity index (χ4v) is 0. The summed E-state index contributed by atoms with van der Waals surface area (Å²) in [5.41, 5.74) is 0. The van der Waals surface area contributed by atoms with Crippen molar-refractivity contribution in [3.8, 4) is 0 Å². The van der Waals surface area contributed by atoms with Gasteiger partial charge in [-0.05, 0) is 0 Å². The fraction of sp³-hybridized carbons (Fsp3) is 0. The van der Waals surface area contributed by atoms with Crippen LogP contribution in [0.1, 0.15) is 0 Å². The average molecular weight is 134 g/mol. The molecule has 6 heavy (non-hydrogen) atoms. The third-order valence-electron chi connectivity index (χ3n) is 0.167. The minimum absolute atomic E-state index is 0. The van der Waals surface area contributed by atoms with Crippen LogP contribution in [-0.4, -0.2) is 22.0 Å². The van der Waals surface area contributed by atoms with Gasteiger partial charge in [-0.3, -0.25) is 0 Å². The maximum atomic E-state index is 9.64. The van der Waals surface area contributed by atoms with Gasteiger partial charge in [-0.1, -0.05) is 0 Å². The first-order valence-electron chi connectivity index (χ1n) is 1.11. The number of rotatable bonds is 1. The van der Waals surface area contributed by atoms with Gasteiger partial charge in [0.1, 0.15) is 0 Å². The first-order valence-corrected chi connectivity index (χ1v) is 1.74. The van der Waals surface area contributed by atoms with Gasteiger partial charge in [-0.2, -0.15) is 0 Å². The van der Waals surface area contributed by atoms with E-state index in [0.29, 0.717) is 0 Å². The van der Waals surface area contributed by atoms with Gasteiger partial charge in [0.2, 0.25) is 0 Å². The molecule has 3 radical (unpaired) electrons. The molecule has 0 fully saturated rings. The van der Waals surface area contributed by atoms with Crippen LogP contribution in [0.25, 0.3) is 0 Å². The summed E-state index contributed by atoms with van der Waals surface area (Å²) in [6.45, 7) is 3.18. The quantitative estimate of drug-likeness (QED) is 0.360. The van der Waals surface area contributed by atoms with E-state index in [0.717, 1.165) is 0 Å². The summed E-state index contributed by atoms with van der Waals surface area (Å²) in [5.74, 6) is 0. The molecule has 0 atom stereocenters. The molecule has 3 heteroatoms. The van der Waals surface area contributed by atoms with Gasteiger partial charge in [0.25, 0.3) is 0 Å². The number of hydrogen-bond acceptors (Lipinski definition) is 1. The molecule has 0 aromatic carbocycles. The Morgan fingerprint density at radius 2 is 2.00 bits per heavy atom. The van der Waals surface area contributed by atoms with Crippen molar-refractivity contribution < 1.29 is 21.1 Å². The molecule has 1 nitrogen and oxygen atoms in total. The SMILES string of the molecule is C=C[C](=O)[Cr].[Al]. The topological polar surface area (TPSA) is 17.1 Å². The van der Waals surface area contributed by atoms with Gasteiger partial charge >= 0.3 is 38.4 Å².